The summed E-state index contributed by atoms with van der Waals surface area (Å²) in [6.07, 6.45) is 0.517. The summed E-state index contributed by atoms with van der Waals surface area (Å²) in [5, 5.41) is 0. The minimum atomic E-state index is -0.479. The van der Waals surface area contributed by atoms with Gasteiger partial charge in [-0.25, -0.2) is 4.79 Å². The largest absolute Gasteiger partial charge is 0.444 e. The number of hydrogen-bond donors (Lipinski definition) is 1. The average Bonchev–Trinajstić information content (AvgIpc) is 2.35. The first-order valence-corrected chi connectivity index (χ1v) is 6.67. The molecule has 1 aromatic carbocycles. The standard InChI is InChI=1S/C15H22N2O2.ClH/c1-15(2,3)19-14(18)17-10-12-7-5-4-6-11(12)8-13(17)9-16;/h4-7,13H,8-10,16H2,1-3H3;1H/t13-;/m1./s1. The smallest absolute Gasteiger partial charge is 0.410 e. The molecule has 0 radical (unpaired) electrons. The highest BCUT2D eigenvalue weighted by Gasteiger charge is 2.31. The second kappa shape index (κ2) is 6.46. The topological polar surface area (TPSA) is 55.6 Å². The zero-order valence-corrected chi connectivity index (χ0v) is 13.1. The van der Waals surface area contributed by atoms with E-state index in [9.17, 15) is 4.79 Å². The van der Waals surface area contributed by atoms with E-state index < -0.39 is 5.60 Å². The Bertz CT molecular complexity index is 471. The van der Waals surface area contributed by atoms with Crippen LogP contribution in [0.2, 0.25) is 0 Å². The lowest BCUT2D eigenvalue weighted by atomic mass is 9.94. The van der Waals surface area contributed by atoms with E-state index >= 15 is 0 Å². The molecular weight excluding hydrogens is 276 g/mol. The van der Waals surface area contributed by atoms with E-state index in [-0.39, 0.29) is 24.5 Å². The molecule has 0 unspecified atom stereocenters. The van der Waals surface area contributed by atoms with Gasteiger partial charge in [-0.2, -0.15) is 0 Å². The number of nitrogens with zero attached hydrogens (tertiary/aromatic N) is 1. The summed E-state index contributed by atoms with van der Waals surface area (Å²) in [7, 11) is 0. The molecule has 0 saturated carbocycles. The van der Waals surface area contributed by atoms with E-state index in [2.05, 4.69) is 12.1 Å². The number of hydrogen-bond acceptors (Lipinski definition) is 3. The molecule has 1 aliphatic rings. The van der Waals surface area contributed by atoms with Crippen LogP contribution in [0.1, 0.15) is 31.9 Å². The quantitative estimate of drug-likeness (QED) is 0.867. The maximum absolute atomic E-state index is 12.2. The van der Waals surface area contributed by atoms with Crippen molar-refractivity contribution in [3.63, 3.8) is 0 Å². The molecule has 2 N–H and O–H groups in total. The van der Waals surface area contributed by atoms with E-state index in [0.717, 1.165) is 6.42 Å². The number of ether oxygens (including phenoxy) is 1. The fourth-order valence-electron chi connectivity index (χ4n) is 2.33. The molecule has 1 aliphatic heterocycles. The van der Waals surface area contributed by atoms with Crippen LogP contribution >= 0.6 is 12.4 Å². The van der Waals surface area contributed by atoms with E-state index in [4.69, 9.17) is 10.5 Å². The van der Waals surface area contributed by atoms with Crippen molar-refractivity contribution in [2.75, 3.05) is 6.54 Å². The van der Waals surface area contributed by atoms with Gasteiger partial charge in [0.2, 0.25) is 0 Å². The maximum atomic E-state index is 12.2. The molecule has 20 heavy (non-hydrogen) atoms. The van der Waals surface area contributed by atoms with E-state index in [1.807, 2.05) is 32.9 Å². The van der Waals surface area contributed by atoms with Gasteiger partial charge in [-0.05, 0) is 38.3 Å². The molecule has 0 aliphatic carbocycles. The monoisotopic (exact) mass is 298 g/mol. The highest BCUT2D eigenvalue weighted by molar-refractivity contribution is 5.85. The lowest BCUT2D eigenvalue weighted by Crippen LogP contribution is -2.49. The normalized spacial score (nSPS) is 18.0. The first-order chi connectivity index (χ1) is 8.90. The summed E-state index contributed by atoms with van der Waals surface area (Å²) >= 11 is 0. The number of benzene rings is 1. The van der Waals surface area contributed by atoms with Crippen LogP contribution in [0.15, 0.2) is 24.3 Å². The van der Waals surface area contributed by atoms with Gasteiger partial charge < -0.3 is 10.5 Å². The molecule has 112 valence electrons. The minimum absolute atomic E-state index is 0. The number of carbonyl (C=O) groups excluding carboxylic acids is 1. The first kappa shape index (κ1) is 16.8. The zero-order chi connectivity index (χ0) is 14.0. The summed E-state index contributed by atoms with van der Waals surface area (Å²) < 4.78 is 5.46. The van der Waals surface area contributed by atoms with Gasteiger partial charge in [0.15, 0.2) is 0 Å². The molecule has 1 aromatic rings. The lowest BCUT2D eigenvalue weighted by Gasteiger charge is -2.37. The molecule has 0 spiro atoms. The molecule has 4 nitrogen and oxygen atoms in total. The van der Waals surface area contributed by atoms with Gasteiger partial charge >= 0.3 is 6.09 Å². The fourth-order valence-corrected chi connectivity index (χ4v) is 2.33. The van der Waals surface area contributed by atoms with Crippen molar-refractivity contribution >= 4 is 18.5 Å². The summed E-state index contributed by atoms with van der Waals surface area (Å²) in [5.74, 6) is 0. The summed E-state index contributed by atoms with van der Waals surface area (Å²) in [6.45, 7) is 6.65. The molecule has 1 atom stereocenters. The van der Waals surface area contributed by atoms with Gasteiger partial charge in [0.25, 0.3) is 0 Å². The first-order valence-electron chi connectivity index (χ1n) is 6.67. The number of carbonyl (C=O) groups is 1. The van der Waals surface area contributed by atoms with Gasteiger partial charge in [0, 0.05) is 13.1 Å². The lowest BCUT2D eigenvalue weighted by molar-refractivity contribution is 0.0128. The van der Waals surface area contributed by atoms with Gasteiger partial charge in [-0.3, -0.25) is 4.90 Å². The highest BCUT2D eigenvalue weighted by Crippen LogP contribution is 2.24. The molecule has 0 fully saturated rings. The number of nitrogens with two attached hydrogens (primary N) is 1. The average molecular weight is 299 g/mol. The summed E-state index contributed by atoms with van der Waals surface area (Å²) in [6, 6.07) is 8.19. The molecule has 5 heteroatoms. The van der Waals surface area contributed by atoms with Gasteiger partial charge in [-0.15, -0.1) is 12.4 Å². The summed E-state index contributed by atoms with van der Waals surface area (Å²) in [5.41, 5.74) is 7.78. The van der Waals surface area contributed by atoms with Gasteiger partial charge in [0.1, 0.15) is 5.60 Å². The molecule has 2 rings (SSSR count). The second-order valence-corrected chi connectivity index (χ2v) is 5.97. The fraction of sp³-hybridized carbons (Fsp3) is 0.533. The Balaban J connectivity index is 0.00000200. The predicted molar refractivity (Wildman–Crippen MR) is 82.0 cm³/mol. The van der Waals surface area contributed by atoms with Crippen LogP contribution in [0.3, 0.4) is 0 Å². The second-order valence-electron chi connectivity index (χ2n) is 5.97. The van der Waals surface area contributed by atoms with Crippen LogP contribution < -0.4 is 5.73 Å². The van der Waals surface area contributed by atoms with Crippen molar-refractivity contribution < 1.29 is 9.53 Å². The van der Waals surface area contributed by atoms with Crippen molar-refractivity contribution in [3.8, 4) is 0 Å². The van der Waals surface area contributed by atoms with Crippen molar-refractivity contribution in [2.24, 2.45) is 5.73 Å². The van der Waals surface area contributed by atoms with Gasteiger partial charge in [0.05, 0.1) is 6.04 Å². The third-order valence-corrected chi connectivity index (χ3v) is 3.26. The van der Waals surface area contributed by atoms with Crippen LogP contribution in [0.25, 0.3) is 0 Å². The van der Waals surface area contributed by atoms with Crippen LogP contribution in [0, 0.1) is 0 Å². The van der Waals surface area contributed by atoms with E-state index in [0.29, 0.717) is 13.1 Å². The highest BCUT2D eigenvalue weighted by atomic mass is 35.5. The number of amides is 1. The third kappa shape index (κ3) is 3.87. The Morgan fingerprint density at radius 3 is 2.50 bits per heavy atom. The van der Waals surface area contributed by atoms with Crippen LogP contribution in [-0.4, -0.2) is 29.2 Å². The van der Waals surface area contributed by atoms with E-state index in [1.165, 1.54) is 11.1 Å². The van der Waals surface area contributed by atoms with Crippen LogP contribution in [-0.2, 0) is 17.7 Å². The Labute approximate surface area is 126 Å². The molecule has 1 amide bonds. The zero-order valence-electron chi connectivity index (χ0n) is 12.3. The van der Waals surface area contributed by atoms with Crippen molar-refractivity contribution in [2.45, 2.75) is 45.4 Å². The number of rotatable bonds is 1. The van der Waals surface area contributed by atoms with Crippen molar-refractivity contribution in [1.29, 1.82) is 0 Å². The number of halogens is 1. The molecule has 0 bridgehead atoms. The van der Waals surface area contributed by atoms with Crippen molar-refractivity contribution in [3.05, 3.63) is 35.4 Å². The SMILES string of the molecule is CC(C)(C)OC(=O)N1Cc2ccccc2C[C@@H]1CN.Cl. The summed E-state index contributed by atoms with van der Waals surface area (Å²) in [4.78, 5) is 14.0. The third-order valence-electron chi connectivity index (χ3n) is 3.26. The predicted octanol–water partition coefficient (Wildman–Crippen LogP) is 2.73. The van der Waals surface area contributed by atoms with Crippen LogP contribution in [0.4, 0.5) is 4.79 Å². The van der Waals surface area contributed by atoms with Crippen molar-refractivity contribution in [1.82, 2.24) is 4.90 Å². The number of fused-ring (bicyclic) bond motifs is 1. The molecule has 0 saturated heterocycles. The Kier molecular flexibility index (Phi) is 5.42. The van der Waals surface area contributed by atoms with E-state index in [1.54, 1.807) is 4.90 Å². The minimum Gasteiger partial charge on any atom is -0.444 e. The Morgan fingerprint density at radius 1 is 1.35 bits per heavy atom. The van der Waals surface area contributed by atoms with Crippen LogP contribution in [0.5, 0.6) is 0 Å². The molecule has 0 aromatic heterocycles. The Morgan fingerprint density at radius 2 is 1.95 bits per heavy atom. The maximum Gasteiger partial charge on any atom is 0.410 e. The van der Waals surface area contributed by atoms with Gasteiger partial charge in [-0.1, -0.05) is 24.3 Å². The molecular formula is C15H23ClN2O2. The molecule has 1 heterocycles. The Hall–Kier alpha value is -1.26.